The van der Waals surface area contributed by atoms with Crippen molar-refractivity contribution in [2.75, 3.05) is 5.32 Å². The van der Waals surface area contributed by atoms with E-state index >= 15 is 0 Å². The van der Waals surface area contributed by atoms with Crippen molar-refractivity contribution in [3.63, 3.8) is 0 Å². The van der Waals surface area contributed by atoms with Crippen molar-refractivity contribution in [1.82, 2.24) is 10.3 Å². The molecule has 5 heteroatoms. The molecule has 0 saturated carbocycles. The standard InChI is InChI=1S/C14H17N3OS/c1-3-11-5-4-6-12(7-11)17-14(18)15-8-13-16-10(2)9-19-13/h4-7,9H,3,8H2,1-2H3,(H2,15,17,18). The number of carbonyl (C=O) groups excluding carboxylic acids is 1. The fourth-order valence-electron chi connectivity index (χ4n) is 1.68. The number of nitrogens with one attached hydrogen (secondary N) is 2. The van der Waals surface area contributed by atoms with Crippen molar-refractivity contribution >= 4 is 23.1 Å². The van der Waals surface area contributed by atoms with Gasteiger partial charge in [-0.15, -0.1) is 11.3 Å². The average Bonchev–Trinajstić information content (AvgIpc) is 2.82. The molecule has 0 spiro atoms. The van der Waals surface area contributed by atoms with Gasteiger partial charge in [-0.2, -0.15) is 0 Å². The summed E-state index contributed by atoms with van der Waals surface area (Å²) in [6, 6.07) is 7.64. The summed E-state index contributed by atoms with van der Waals surface area (Å²) in [5, 5.41) is 8.50. The zero-order valence-electron chi connectivity index (χ0n) is 11.1. The van der Waals surface area contributed by atoms with Crippen LogP contribution in [0.15, 0.2) is 29.6 Å². The molecular weight excluding hydrogens is 258 g/mol. The van der Waals surface area contributed by atoms with Crippen LogP contribution >= 0.6 is 11.3 Å². The summed E-state index contributed by atoms with van der Waals surface area (Å²) in [4.78, 5) is 16.0. The molecule has 0 aliphatic rings. The van der Waals surface area contributed by atoms with Gasteiger partial charge in [0.05, 0.1) is 6.54 Å². The molecule has 2 amide bonds. The third-order valence-electron chi connectivity index (χ3n) is 2.66. The van der Waals surface area contributed by atoms with E-state index in [-0.39, 0.29) is 6.03 Å². The topological polar surface area (TPSA) is 54.0 Å². The van der Waals surface area contributed by atoms with Crippen molar-refractivity contribution in [3.8, 4) is 0 Å². The highest BCUT2D eigenvalue weighted by Gasteiger charge is 2.04. The summed E-state index contributed by atoms with van der Waals surface area (Å²) in [6.07, 6.45) is 0.954. The van der Waals surface area contributed by atoms with Crippen LogP contribution in [0.25, 0.3) is 0 Å². The molecule has 2 rings (SSSR count). The second kappa shape index (κ2) is 6.33. The third-order valence-corrected chi connectivity index (χ3v) is 3.63. The maximum absolute atomic E-state index is 11.7. The van der Waals surface area contributed by atoms with Gasteiger partial charge in [-0.05, 0) is 31.0 Å². The maximum atomic E-state index is 11.7. The Balaban J connectivity index is 1.86. The van der Waals surface area contributed by atoms with Crippen LogP contribution in [0.2, 0.25) is 0 Å². The summed E-state index contributed by atoms with van der Waals surface area (Å²) in [5.41, 5.74) is 3.00. The first-order chi connectivity index (χ1) is 9.17. The molecule has 0 fully saturated rings. The van der Waals surface area contributed by atoms with Crippen LogP contribution < -0.4 is 10.6 Å². The van der Waals surface area contributed by atoms with Crippen molar-refractivity contribution < 1.29 is 4.79 Å². The van der Waals surface area contributed by atoms with E-state index in [0.717, 1.165) is 22.8 Å². The minimum Gasteiger partial charge on any atom is -0.331 e. The second-order valence-corrected chi connectivity index (χ2v) is 5.19. The number of thiazole rings is 1. The van der Waals surface area contributed by atoms with Gasteiger partial charge in [-0.25, -0.2) is 9.78 Å². The molecule has 0 unspecified atom stereocenters. The first-order valence-electron chi connectivity index (χ1n) is 6.22. The van der Waals surface area contributed by atoms with E-state index in [9.17, 15) is 4.79 Å². The van der Waals surface area contributed by atoms with Crippen LogP contribution in [0.4, 0.5) is 10.5 Å². The molecule has 0 atom stereocenters. The number of hydrogen-bond donors (Lipinski definition) is 2. The van der Waals surface area contributed by atoms with Crippen molar-refractivity contribution in [1.29, 1.82) is 0 Å². The first kappa shape index (κ1) is 13.5. The number of aryl methyl sites for hydroxylation is 2. The molecule has 100 valence electrons. The van der Waals surface area contributed by atoms with Crippen LogP contribution in [0.5, 0.6) is 0 Å². The molecule has 0 saturated heterocycles. The van der Waals surface area contributed by atoms with E-state index < -0.39 is 0 Å². The number of hydrogen-bond acceptors (Lipinski definition) is 3. The quantitative estimate of drug-likeness (QED) is 0.899. The van der Waals surface area contributed by atoms with E-state index in [4.69, 9.17) is 0 Å². The fraction of sp³-hybridized carbons (Fsp3) is 0.286. The van der Waals surface area contributed by atoms with Crippen molar-refractivity contribution in [2.45, 2.75) is 26.8 Å². The largest absolute Gasteiger partial charge is 0.331 e. The van der Waals surface area contributed by atoms with E-state index in [1.807, 2.05) is 36.6 Å². The Hall–Kier alpha value is -1.88. The molecule has 2 N–H and O–H groups in total. The summed E-state index contributed by atoms with van der Waals surface area (Å²) in [7, 11) is 0. The Morgan fingerprint density at radius 3 is 2.95 bits per heavy atom. The lowest BCUT2D eigenvalue weighted by Crippen LogP contribution is -2.28. The lowest BCUT2D eigenvalue weighted by Gasteiger charge is -2.07. The lowest BCUT2D eigenvalue weighted by molar-refractivity contribution is 0.251. The van der Waals surface area contributed by atoms with Crippen LogP contribution in [0.3, 0.4) is 0 Å². The summed E-state index contributed by atoms with van der Waals surface area (Å²) >= 11 is 1.55. The third kappa shape index (κ3) is 4.06. The highest BCUT2D eigenvalue weighted by Crippen LogP contribution is 2.11. The highest BCUT2D eigenvalue weighted by molar-refractivity contribution is 7.09. The van der Waals surface area contributed by atoms with Crippen LogP contribution in [-0.2, 0) is 13.0 Å². The van der Waals surface area contributed by atoms with Crippen LogP contribution in [0.1, 0.15) is 23.2 Å². The Morgan fingerprint density at radius 2 is 2.26 bits per heavy atom. The van der Waals surface area contributed by atoms with Gasteiger partial charge in [0.25, 0.3) is 0 Å². The van der Waals surface area contributed by atoms with E-state index in [1.54, 1.807) is 11.3 Å². The molecule has 1 aromatic heterocycles. The Morgan fingerprint density at radius 1 is 1.42 bits per heavy atom. The van der Waals surface area contributed by atoms with Gasteiger partial charge in [0.2, 0.25) is 0 Å². The molecule has 1 aromatic carbocycles. The van der Waals surface area contributed by atoms with Crippen LogP contribution in [0, 0.1) is 6.92 Å². The normalized spacial score (nSPS) is 10.2. The monoisotopic (exact) mass is 275 g/mol. The predicted octanol–water partition coefficient (Wildman–Crippen LogP) is 3.34. The fourth-order valence-corrected chi connectivity index (χ4v) is 2.40. The predicted molar refractivity (Wildman–Crippen MR) is 78.5 cm³/mol. The minimum atomic E-state index is -0.207. The Kier molecular flexibility index (Phi) is 4.52. The van der Waals surface area contributed by atoms with E-state index in [2.05, 4.69) is 22.5 Å². The molecule has 0 radical (unpaired) electrons. The summed E-state index contributed by atoms with van der Waals surface area (Å²) in [5.74, 6) is 0. The maximum Gasteiger partial charge on any atom is 0.319 e. The zero-order valence-corrected chi connectivity index (χ0v) is 11.9. The minimum absolute atomic E-state index is 0.207. The summed E-state index contributed by atoms with van der Waals surface area (Å²) < 4.78 is 0. The smallest absolute Gasteiger partial charge is 0.319 e. The van der Waals surface area contributed by atoms with Crippen LogP contribution in [-0.4, -0.2) is 11.0 Å². The molecule has 0 aliphatic carbocycles. The zero-order chi connectivity index (χ0) is 13.7. The average molecular weight is 275 g/mol. The number of aromatic nitrogens is 1. The van der Waals surface area contributed by atoms with Gasteiger partial charge in [-0.3, -0.25) is 0 Å². The number of amides is 2. The lowest BCUT2D eigenvalue weighted by atomic mass is 10.1. The number of benzene rings is 1. The number of urea groups is 1. The number of carbonyl (C=O) groups is 1. The first-order valence-corrected chi connectivity index (χ1v) is 7.10. The number of rotatable bonds is 4. The number of nitrogens with zero attached hydrogens (tertiary/aromatic N) is 1. The SMILES string of the molecule is CCc1cccc(NC(=O)NCc2nc(C)cs2)c1. The van der Waals surface area contributed by atoms with Gasteiger partial charge in [0.1, 0.15) is 5.01 Å². The molecule has 1 heterocycles. The van der Waals surface area contributed by atoms with Crippen molar-refractivity contribution in [2.24, 2.45) is 0 Å². The molecule has 19 heavy (non-hydrogen) atoms. The van der Waals surface area contributed by atoms with E-state index in [0.29, 0.717) is 6.54 Å². The van der Waals surface area contributed by atoms with Gasteiger partial charge in [-0.1, -0.05) is 19.1 Å². The highest BCUT2D eigenvalue weighted by atomic mass is 32.1. The molecule has 0 bridgehead atoms. The van der Waals surface area contributed by atoms with Gasteiger partial charge < -0.3 is 10.6 Å². The second-order valence-electron chi connectivity index (χ2n) is 4.24. The summed E-state index contributed by atoms with van der Waals surface area (Å²) in [6.45, 7) is 4.48. The molecule has 2 aromatic rings. The molecule has 0 aliphatic heterocycles. The molecule has 4 nitrogen and oxygen atoms in total. The van der Waals surface area contributed by atoms with E-state index in [1.165, 1.54) is 5.56 Å². The van der Waals surface area contributed by atoms with Gasteiger partial charge in [0.15, 0.2) is 0 Å². The number of anilines is 1. The molecular formula is C14H17N3OS. The Labute approximate surface area is 116 Å². The van der Waals surface area contributed by atoms with Crippen molar-refractivity contribution in [3.05, 3.63) is 45.9 Å². The van der Waals surface area contributed by atoms with Gasteiger partial charge in [0, 0.05) is 16.8 Å². The van der Waals surface area contributed by atoms with Gasteiger partial charge >= 0.3 is 6.03 Å². The Bertz CT molecular complexity index is 565.